The lowest BCUT2D eigenvalue weighted by Crippen LogP contribution is -2.02. The molecule has 1 saturated carbocycles. The third kappa shape index (κ3) is 1.83. The maximum absolute atomic E-state index is 13.0. The summed E-state index contributed by atoms with van der Waals surface area (Å²) in [5.41, 5.74) is 5.85. The lowest BCUT2D eigenvalue weighted by Gasteiger charge is -2.00. The molecule has 0 heterocycles. The van der Waals surface area contributed by atoms with Crippen molar-refractivity contribution in [1.82, 2.24) is 0 Å². The highest BCUT2D eigenvalue weighted by atomic mass is 19.1. The molecule has 0 bridgehead atoms. The monoisotopic (exact) mass is 210 g/mol. The quantitative estimate of drug-likeness (QED) is 0.610. The van der Waals surface area contributed by atoms with E-state index >= 15 is 0 Å². The van der Waals surface area contributed by atoms with Crippen molar-refractivity contribution < 1.29 is 9.31 Å². The van der Waals surface area contributed by atoms with Crippen LogP contribution in [0.15, 0.2) is 18.2 Å². The predicted octanol–water partition coefficient (Wildman–Crippen LogP) is 1.80. The predicted molar refractivity (Wildman–Crippen MR) is 53.0 cm³/mol. The van der Waals surface area contributed by atoms with E-state index in [0.717, 1.165) is 18.1 Å². The number of benzene rings is 1. The average molecular weight is 210 g/mol. The first-order chi connectivity index (χ1) is 7.13. The van der Waals surface area contributed by atoms with Gasteiger partial charge in [0.25, 0.3) is 0 Å². The molecule has 2 atom stereocenters. The van der Waals surface area contributed by atoms with Crippen LogP contribution in [-0.2, 0) is 0 Å². The largest absolute Gasteiger partial charge is 0.330 e. The van der Waals surface area contributed by atoms with Gasteiger partial charge in [-0.05, 0) is 36.4 Å². The minimum atomic E-state index is -0.784. The zero-order valence-corrected chi connectivity index (χ0v) is 8.02. The minimum Gasteiger partial charge on any atom is -0.330 e. The van der Waals surface area contributed by atoms with E-state index < -0.39 is 16.4 Å². The molecule has 80 valence electrons. The lowest BCUT2D eigenvalue weighted by atomic mass is 10.1. The third-order valence-electron chi connectivity index (χ3n) is 2.82. The molecular formula is C10H11FN2O2. The summed E-state index contributed by atoms with van der Waals surface area (Å²) in [6.45, 7) is 0.579. The van der Waals surface area contributed by atoms with Gasteiger partial charge in [0.05, 0.1) is 4.92 Å². The first-order valence-electron chi connectivity index (χ1n) is 4.77. The second-order valence-corrected chi connectivity index (χ2v) is 3.81. The summed E-state index contributed by atoms with van der Waals surface area (Å²) in [6.07, 6.45) is 0.944. The Hall–Kier alpha value is -1.49. The van der Waals surface area contributed by atoms with E-state index in [4.69, 9.17) is 5.73 Å². The molecule has 5 heteroatoms. The van der Waals surface area contributed by atoms with Crippen molar-refractivity contribution in [3.8, 4) is 0 Å². The van der Waals surface area contributed by atoms with Crippen LogP contribution in [0.2, 0.25) is 0 Å². The Balaban J connectivity index is 2.28. The normalized spacial score (nSPS) is 23.9. The van der Waals surface area contributed by atoms with E-state index in [-0.39, 0.29) is 5.92 Å². The molecule has 2 N–H and O–H groups in total. The second-order valence-electron chi connectivity index (χ2n) is 3.81. The molecular weight excluding hydrogens is 199 g/mol. The van der Waals surface area contributed by atoms with Crippen molar-refractivity contribution in [2.75, 3.05) is 6.54 Å². The van der Waals surface area contributed by atoms with Gasteiger partial charge in [0.15, 0.2) is 0 Å². The van der Waals surface area contributed by atoms with Crippen LogP contribution >= 0.6 is 0 Å². The Kier molecular flexibility index (Phi) is 2.40. The molecule has 4 nitrogen and oxygen atoms in total. The number of nitro benzene ring substituents is 1. The van der Waals surface area contributed by atoms with E-state index in [0.29, 0.717) is 12.5 Å². The average Bonchev–Trinajstić information content (AvgIpc) is 2.97. The molecule has 0 spiro atoms. The number of nitrogens with zero attached hydrogens (tertiary/aromatic N) is 1. The number of halogens is 1. The first-order valence-corrected chi connectivity index (χ1v) is 4.77. The molecule has 0 saturated heterocycles. The van der Waals surface area contributed by atoms with Gasteiger partial charge in [-0.15, -0.1) is 0 Å². The van der Waals surface area contributed by atoms with Crippen LogP contribution in [0.1, 0.15) is 17.9 Å². The molecule has 0 aliphatic heterocycles. The summed E-state index contributed by atoms with van der Waals surface area (Å²) in [7, 11) is 0. The third-order valence-corrected chi connectivity index (χ3v) is 2.82. The van der Waals surface area contributed by atoms with Crippen molar-refractivity contribution in [1.29, 1.82) is 0 Å². The van der Waals surface area contributed by atoms with Crippen LogP contribution in [-0.4, -0.2) is 11.5 Å². The maximum Gasteiger partial charge on any atom is 0.305 e. The van der Waals surface area contributed by atoms with Crippen molar-refractivity contribution in [3.63, 3.8) is 0 Å². The number of hydrogen-bond acceptors (Lipinski definition) is 3. The number of nitrogens with two attached hydrogens (primary N) is 1. The summed E-state index contributed by atoms with van der Waals surface area (Å²) in [5, 5.41) is 10.5. The molecule has 1 aromatic rings. The van der Waals surface area contributed by atoms with Crippen LogP contribution in [0.5, 0.6) is 0 Å². The minimum absolute atomic E-state index is 0.272. The highest BCUT2D eigenvalue weighted by Crippen LogP contribution is 2.47. The van der Waals surface area contributed by atoms with Crippen molar-refractivity contribution >= 4 is 5.69 Å². The molecule has 1 aliphatic carbocycles. The van der Waals surface area contributed by atoms with Gasteiger partial charge in [0.1, 0.15) is 0 Å². The van der Waals surface area contributed by atoms with Gasteiger partial charge >= 0.3 is 5.69 Å². The summed E-state index contributed by atoms with van der Waals surface area (Å²) in [5.74, 6) is -0.113. The van der Waals surface area contributed by atoms with Gasteiger partial charge in [-0.2, -0.15) is 4.39 Å². The summed E-state index contributed by atoms with van der Waals surface area (Å²) < 4.78 is 13.0. The fourth-order valence-corrected chi connectivity index (χ4v) is 1.82. The van der Waals surface area contributed by atoms with Gasteiger partial charge in [0.2, 0.25) is 5.82 Å². The van der Waals surface area contributed by atoms with Crippen LogP contribution in [0.3, 0.4) is 0 Å². The van der Waals surface area contributed by atoms with Gasteiger partial charge in [-0.25, -0.2) is 0 Å². The van der Waals surface area contributed by atoms with Gasteiger partial charge < -0.3 is 5.73 Å². The molecule has 0 aromatic heterocycles. The Morgan fingerprint density at radius 2 is 2.33 bits per heavy atom. The fraction of sp³-hybridized carbons (Fsp3) is 0.400. The Bertz CT molecular complexity index is 408. The van der Waals surface area contributed by atoms with Crippen LogP contribution in [0, 0.1) is 21.8 Å². The molecule has 0 amide bonds. The summed E-state index contributed by atoms with van der Waals surface area (Å²) in [4.78, 5) is 9.81. The van der Waals surface area contributed by atoms with E-state index in [9.17, 15) is 14.5 Å². The van der Waals surface area contributed by atoms with Crippen LogP contribution in [0.4, 0.5) is 10.1 Å². The summed E-state index contributed by atoms with van der Waals surface area (Å²) >= 11 is 0. The van der Waals surface area contributed by atoms with Crippen molar-refractivity contribution in [3.05, 3.63) is 39.7 Å². The van der Waals surface area contributed by atoms with Gasteiger partial charge in [-0.3, -0.25) is 10.1 Å². The van der Waals surface area contributed by atoms with Crippen LogP contribution < -0.4 is 5.73 Å². The standard InChI is InChI=1S/C10H11FN2O2/c11-9-2-1-6(4-10(9)13(14)15)8-3-7(8)5-12/h1-2,4,7-8H,3,5,12H2. The summed E-state index contributed by atoms with van der Waals surface area (Å²) in [6, 6.07) is 4.07. The second kappa shape index (κ2) is 3.58. The van der Waals surface area contributed by atoms with Crippen molar-refractivity contribution in [2.24, 2.45) is 11.7 Å². The highest BCUT2D eigenvalue weighted by Gasteiger charge is 2.37. The lowest BCUT2D eigenvalue weighted by molar-refractivity contribution is -0.387. The number of rotatable bonds is 3. The molecule has 1 aliphatic rings. The number of hydrogen-bond donors (Lipinski definition) is 1. The zero-order chi connectivity index (χ0) is 11.0. The maximum atomic E-state index is 13.0. The first kappa shape index (κ1) is 10.0. The Morgan fingerprint density at radius 3 is 2.87 bits per heavy atom. The topological polar surface area (TPSA) is 69.2 Å². The molecule has 1 aromatic carbocycles. The SMILES string of the molecule is NCC1CC1c1ccc(F)c([N+](=O)[O-])c1. The molecule has 15 heavy (non-hydrogen) atoms. The molecule has 2 rings (SSSR count). The molecule has 2 unspecified atom stereocenters. The molecule has 0 radical (unpaired) electrons. The van der Waals surface area contributed by atoms with Gasteiger partial charge in [0, 0.05) is 6.07 Å². The Morgan fingerprint density at radius 1 is 1.60 bits per heavy atom. The van der Waals surface area contributed by atoms with Crippen LogP contribution in [0.25, 0.3) is 0 Å². The fourth-order valence-electron chi connectivity index (χ4n) is 1.82. The van der Waals surface area contributed by atoms with E-state index in [1.807, 2.05) is 0 Å². The zero-order valence-electron chi connectivity index (χ0n) is 8.02. The number of nitro groups is 1. The van der Waals surface area contributed by atoms with E-state index in [1.165, 1.54) is 6.07 Å². The van der Waals surface area contributed by atoms with E-state index in [2.05, 4.69) is 0 Å². The highest BCUT2D eigenvalue weighted by molar-refractivity contribution is 5.39. The van der Waals surface area contributed by atoms with E-state index in [1.54, 1.807) is 6.07 Å². The molecule has 1 fully saturated rings. The smallest absolute Gasteiger partial charge is 0.305 e. The van der Waals surface area contributed by atoms with Crippen molar-refractivity contribution in [2.45, 2.75) is 12.3 Å². The van der Waals surface area contributed by atoms with Gasteiger partial charge in [-0.1, -0.05) is 6.07 Å². The Labute approximate surface area is 86.0 Å².